The number of pyridine rings is 4. The van der Waals surface area contributed by atoms with Crippen LogP contribution in [0.4, 0.5) is 0 Å². The third kappa shape index (κ3) is 13.4. The minimum atomic E-state index is -0.546. The predicted octanol–water partition coefficient (Wildman–Crippen LogP) is 17.8. The fraction of sp³-hybridized carbons (Fsp3) is 0.464. The van der Waals surface area contributed by atoms with E-state index >= 15 is 0 Å². The number of benzene rings is 4. The molecule has 4 saturated heterocycles. The molecule has 8 aromatic heterocycles. The number of aryl methyl sites for hydroxylation is 6. The molecule has 588 valence electrons. The molecule has 0 radical (unpaired) electrons. The first kappa shape index (κ1) is 75.7. The molecule has 1 spiro atoms. The highest BCUT2D eigenvalue weighted by Crippen LogP contribution is 2.60. The van der Waals surface area contributed by atoms with Crippen LogP contribution in [-0.2, 0) is 54.4 Å². The molecule has 9 aliphatic rings. The van der Waals surface area contributed by atoms with Crippen LogP contribution in [0.5, 0.6) is 0 Å². The van der Waals surface area contributed by atoms with Crippen molar-refractivity contribution in [2.75, 3.05) is 52.4 Å². The molecule has 8 atom stereocenters. The molecule has 1 aliphatic carbocycles. The molecule has 0 bridgehead atoms. The molecule has 1 saturated carbocycles. The molecule has 0 amide bonds. The molecule has 21 rings (SSSR count). The SMILES string of the molecule is Cc1cc(C)c2c(c1)c1c(n2CC(O)c2ccncc2)C(C)(C)CN2CCCC12.Cc1cc(C)c2c(c1)c1c(n2CC(O)c2ccncc2)C2(CC2)CN2CCCC12.Cc1ccc2c(c1)c1c(n2CC(O)c2ccncc2)C(C)(C)CN2CCCC12.Cc1ccc2c(c1)c1c(n2CC(O)c2ccncc2)CCN2CCCC12C. The van der Waals surface area contributed by atoms with E-state index < -0.39 is 24.4 Å². The van der Waals surface area contributed by atoms with E-state index in [9.17, 15) is 20.4 Å². The van der Waals surface area contributed by atoms with E-state index in [1.165, 1.54) is 213 Å². The van der Waals surface area contributed by atoms with E-state index in [2.05, 4.69) is 195 Å². The summed E-state index contributed by atoms with van der Waals surface area (Å²) in [7, 11) is 0. The number of aromatic nitrogens is 8. The Morgan fingerprint density at radius 2 is 0.761 bits per heavy atom. The number of rotatable bonds is 12. The Morgan fingerprint density at radius 1 is 0.381 bits per heavy atom. The van der Waals surface area contributed by atoms with Crippen molar-refractivity contribution in [3.05, 3.63) is 259 Å². The number of hydrogen-bond donors (Lipinski definition) is 4. The van der Waals surface area contributed by atoms with Gasteiger partial charge in [-0.15, -0.1) is 0 Å². The van der Waals surface area contributed by atoms with Crippen molar-refractivity contribution in [3.63, 3.8) is 0 Å². The van der Waals surface area contributed by atoms with Gasteiger partial charge in [0.05, 0.1) is 61.6 Å². The summed E-state index contributed by atoms with van der Waals surface area (Å²) in [6, 6.07) is 39.9. The topological polar surface area (TPSA) is 165 Å². The van der Waals surface area contributed by atoms with Crippen LogP contribution in [0.15, 0.2) is 159 Å². The third-order valence-electron chi connectivity index (χ3n) is 27.8. The summed E-state index contributed by atoms with van der Waals surface area (Å²) in [5.41, 5.74) is 29.2. The van der Waals surface area contributed by atoms with Crippen molar-refractivity contribution < 1.29 is 20.4 Å². The highest BCUT2D eigenvalue weighted by atomic mass is 16.3. The monoisotopic (exact) mass is 1510 g/mol. The minimum Gasteiger partial charge on any atom is -0.387 e. The second-order valence-electron chi connectivity index (χ2n) is 36.8. The lowest BCUT2D eigenvalue weighted by atomic mass is 9.79. The summed E-state index contributed by atoms with van der Waals surface area (Å²) in [5.74, 6) is 0. The van der Waals surface area contributed by atoms with Crippen LogP contribution in [0, 0.1) is 41.5 Å². The van der Waals surface area contributed by atoms with Crippen LogP contribution < -0.4 is 0 Å². The van der Waals surface area contributed by atoms with Gasteiger partial charge in [-0.2, -0.15) is 0 Å². The molecular weight excluding hydrogens is 1400 g/mol. The molecule has 113 heavy (non-hydrogen) atoms. The average molecular weight is 1510 g/mol. The average Bonchev–Trinajstić information content (AvgIpc) is 1.53. The van der Waals surface area contributed by atoms with Gasteiger partial charge in [-0.3, -0.25) is 39.5 Å². The molecule has 12 aromatic rings. The predicted molar refractivity (Wildman–Crippen MR) is 452 cm³/mol. The van der Waals surface area contributed by atoms with Crippen LogP contribution in [0.2, 0.25) is 0 Å². The van der Waals surface area contributed by atoms with Gasteiger partial charge in [0.15, 0.2) is 0 Å². The number of nitrogens with zero attached hydrogens (tertiary/aromatic N) is 12. The van der Waals surface area contributed by atoms with Gasteiger partial charge in [0.25, 0.3) is 0 Å². The van der Waals surface area contributed by atoms with E-state index in [4.69, 9.17) is 0 Å². The van der Waals surface area contributed by atoms with Gasteiger partial charge < -0.3 is 38.7 Å². The van der Waals surface area contributed by atoms with Crippen molar-refractivity contribution in [2.45, 2.75) is 237 Å². The summed E-state index contributed by atoms with van der Waals surface area (Å²) < 4.78 is 9.74. The van der Waals surface area contributed by atoms with Crippen molar-refractivity contribution >= 4 is 43.6 Å². The lowest BCUT2D eigenvalue weighted by molar-refractivity contribution is 0.135. The third-order valence-corrected chi connectivity index (χ3v) is 27.8. The first-order valence-electron chi connectivity index (χ1n) is 42.3. The van der Waals surface area contributed by atoms with Gasteiger partial charge in [0, 0.05) is 183 Å². The molecular formula is C97H116N12O4. The maximum atomic E-state index is 11.1. The molecule has 16 heteroatoms. The van der Waals surface area contributed by atoms with E-state index in [0.29, 0.717) is 49.7 Å². The standard InChI is InChI=1S/C25H29N3O.C25H31N3O.C24H29N3O.C23H27N3O/c1-16-12-17(2)23-19(13-16)22-20-4-3-11-27(20)15-25(7-8-25)24(22)28(23)14-21(29)18-5-9-26-10-6-18;1-16-12-17(2)23-19(13-16)22-20-6-5-11-27(20)15-25(3,4)24(22)28(23)14-21(29)18-7-9-26-10-8-18;1-16-6-7-19-18(13-16)22-20-5-4-12-26(20)15-24(2,3)23(22)27(19)14-21(28)17-8-10-25-11-9-17;1-16-4-5-19-18(14-16)22-20(8-13-25-12-3-9-23(22,25)2)26(19)15-21(27)17-6-10-24-11-7-17/h5-6,9-10,12-13,20-21,29H,3-4,7-8,11,14-15H2,1-2H3;7-10,12-13,20-21,29H,5-6,11,14-15H2,1-4H3;6-11,13,20-21,28H,4-5,12,14-15H2,1-3H3;4-7,10-11,14,21,27H,3,8-9,12-13,15H2,1-2H3. The molecule has 8 unspecified atom stereocenters. The Labute approximate surface area is 667 Å². The first-order chi connectivity index (χ1) is 54.5. The van der Waals surface area contributed by atoms with E-state index in [0.717, 1.165) is 48.3 Å². The normalized spacial score (nSPS) is 22.7. The fourth-order valence-corrected chi connectivity index (χ4v) is 23.1. The number of aliphatic hydroxyl groups is 4. The molecule has 5 fully saturated rings. The maximum Gasteiger partial charge on any atom is 0.0970 e. The molecule has 16 heterocycles. The Kier molecular flexibility index (Phi) is 19.8. The highest BCUT2D eigenvalue weighted by molar-refractivity contribution is 5.93. The van der Waals surface area contributed by atoms with Crippen LogP contribution in [0.1, 0.15) is 242 Å². The van der Waals surface area contributed by atoms with Gasteiger partial charge in [-0.05, 0) is 274 Å². The fourth-order valence-electron chi connectivity index (χ4n) is 23.1. The molecule has 16 nitrogen and oxygen atoms in total. The van der Waals surface area contributed by atoms with Crippen LogP contribution >= 0.6 is 0 Å². The van der Waals surface area contributed by atoms with E-state index in [1.54, 1.807) is 55.1 Å². The van der Waals surface area contributed by atoms with E-state index in [-0.39, 0.29) is 16.4 Å². The molecule has 4 N–H and O–H groups in total. The maximum absolute atomic E-state index is 11.1. The first-order valence-corrected chi connectivity index (χ1v) is 42.3. The Morgan fingerprint density at radius 3 is 1.22 bits per heavy atom. The smallest absolute Gasteiger partial charge is 0.0970 e. The van der Waals surface area contributed by atoms with Crippen LogP contribution in [0.25, 0.3) is 43.6 Å². The number of aliphatic hydroxyl groups excluding tert-OH is 4. The Hall–Kier alpha value is -8.68. The summed E-state index contributed by atoms with van der Waals surface area (Å²) in [5, 5.41) is 49.7. The van der Waals surface area contributed by atoms with E-state index in [1.807, 2.05) is 48.5 Å². The lowest BCUT2D eigenvalue weighted by Gasteiger charge is -2.41. The van der Waals surface area contributed by atoms with Crippen LogP contribution in [-0.4, -0.2) is 131 Å². The second-order valence-corrected chi connectivity index (χ2v) is 36.8. The highest BCUT2D eigenvalue weighted by Gasteiger charge is 2.56. The molecule has 8 aliphatic heterocycles. The zero-order valence-electron chi connectivity index (χ0n) is 68.5. The van der Waals surface area contributed by atoms with Crippen molar-refractivity contribution in [1.82, 2.24) is 57.8 Å². The number of fused-ring (bicyclic) bond motifs is 21. The van der Waals surface area contributed by atoms with Gasteiger partial charge in [-0.1, -0.05) is 74.2 Å². The quantitative estimate of drug-likeness (QED) is 0.0916. The Balaban J connectivity index is 0.000000105. The summed E-state index contributed by atoms with van der Waals surface area (Å²) >= 11 is 0. The summed E-state index contributed by atoms with van der Waals surface area (Å²) in [6.07, 6.45) is 25.7. The van der Waals surface area contributed by atoms with Gasteiger partial charge in [0.1, 0.15) is 0 Å². The zero-order valence-corrected chi connectivity index (χ0v) is 68.5. The van der Waals surface area contributed by atoms with Crippen molar-refractivity contribution in [3.8, 4) is 0 Å². The minimum absolute atomic E-state index is 0.0491. The summed E-state index contributed by atoms with van der Waals surface area (Å²) in [6.45, 7) is 36.8. The summed E-state index contributed by atoms with van der Waals surface area (Å²) in [4.78, 5) is 27.2. The van der Waals surface area contributed by atoms with Gasteiger partial charge in [0.2, 0.25) is 0 Å². The van der Waals surface area contributed by atoms with Crippen LogP contribution in [0.3, 0.4) is 0 Å². The van der Waals surface area contributed by atoms with Crippen molar-refractivity contribution in [2.24, 2.45) is 0 Å². The lowest BCUT2D eigenvalue weighted by Crippen LogP contribution is -2.44. The Bertz CT molecular complexity index is 5380. The van der Waals surface area contributed by atoms with Crippen molar-refractivity contribution in [1.29, 1.82) is 0 Å². The largest absolute Gasteiger partial charge is 0.387 e. The van der Waals surface area contributed by atoms with Gasteiger partial charge in [-0.25, -0.2) is 0 Å². The molecule has 4 aromatic carbocycles. The second kappa shape index (κ2) is 29.6. The van der Waals surface area contributed by atoms with Gasteiger partial charge >= 0.3 is 0 Å². The zero-order chi connectivity index (χ0) is 78.1. The number of hydrogen-bond acceptors (Lipinski definition) is 12.